The van der Waals surface area contributed by atoms with Crippen molar-refractivity contribution >= 4 is 25.9 Å². The number of carbonyl (C=O) groups excluding carboxylic acids is 2. The lowest BCUT2D eigenvalue weighted by Gasteiger charge is -2.45. The average Bonchev–Trinajstić information content (AvgIpc) is 2.84. The van der Waals surface area contributed by atoms with Gasteiger partial charge in [-0.05, 0) is 42.8 Å². The first-order chi connectivity index (χ1) is 16.5. The van der Waals surface area contributed by atoms with E-state index in [4.69, 9.17) is 9.16 Å². The summed E-state index contributed by atoms with van der Waals surface area (Å²) in [6, 6.07) is 7.66. The molecule has 0 spiro atoms. The van der Waals surface area contributed by atoms with E-state index in [0.29, 0.717) is 5.56 Å². The topological polar surface area (TPSA) is 156 Å². The largest absolute Gasteiger partial charge is 0.505 e. The van der Waals surface area contributed by atoms with Crippen molar-refractivity contribution in [2.45, 2.75) is 71.5 Å². The number of aliphatic hydroxyl groups is 1. The Morgan fingerprint density at radius 2 is 1.80 bits per heavy atom. The van der Waals surface area contributed by atoms with Crippen molar-refractivity contribution in [2.24, 2.45) is 11.8 Å². The molecule has 0 aliphatic carbocycles. The summed E-state index contributed by atoms with van der Waals surface area (Å²) in [6.07, 6.45) is -0.376. The smallest absolute Gasteiger partial charge is 0.504 e. The van der Waals surface area contributed by atoms with Gasteiger partial charge in [0.1, 0.15) is 6.61 Å². The maximum atomic E-state index is 12.5. The molecule has 0 bridgehead atoms. The van der Waals surface area contributed by atoms with Crippen molar-refractivity contribution in [3.63, 3.8) is 0 Å². The highest BCUT2D eigenvalue weighted by Gasteiger charge is 2.50. The molecule has 12 heteroatoms. The van der Waals surface area contributed by atoms with Crippen LogP contribution in [-0.2, 0) is 25.4 Å². The molecule has 4 atom stereocenters. The molecule has 0 unspecified atom stereocenters. The molecule has 1 saturated heterocycles. The number of ether oxygens (including phenoxy) is 1. The van der Waals surface area contributed by atoms with Crippen LogP contribution in [0.1, 0.15) is 40.2 Å². The molecule has 35 heavy (non-hydrogen) atoms. The monoisotopic (exact) mass is 505 g/mol. The van der Waals surface area contributed by atoms with Crippen LogP contribution in [0.5, 0.6) is 0 Å². The molecule has 1 fully saturated rings. The van der Waals surface area contributed by atoms with E-state index in [0.717, 1.165) is 18.1 Å². The highest BCUT2D eigenvalue weighted by molar-refractivity contribution is 6.73. The fourth-order valence-corrected chi connectivity index (χ4v) is 7.27. The van der Waals surface area contributed by atoms with Crippen LogP contribution in [0, 0.1) is 27.3 Å². The Labute approximate surface area is 205 Å². The summed E-state index contributed by atoms with van der Waals surface area (Å²) in [6.45, 7) is 9.50. The zero-order valence-corrected chi connectivity index (χ0v) is 21.7. The number of benzene rings is 1. The zero-order chi connectivity index (χ0) is 26.3. The molecule has 190 valence electrons. The first-order valence-electron chi connectivity index (χ1n) is 11.7. The fraction of sp³-hybridized carbons (Fsp3) is 0.565. The summed E-state index contributed by atoms with van der Waals surface area (Å²) < 4.78 is 11.5. The number of hydrogen-bond acceptors (Lipinski definition) is 8. The van der Waals surface area contributed by atoms with Gasteiger partial charge in [-0.1, -0.05) is 27.7 Å². The molecule has 1 aliphatic heterocycles. The third-order valence-electron chi connectivity index (χ3n) is 6.90. The van der Waals surface area contributed by atoms with Crippen molar-refractivity contribution in [2.75, 3.05) is 0 Å². The summed E-state index contributed by atoms with van der Waals surface area (Å²) in [7, 11) is -1.97. The van der Waals surface area contributed by atoms with Gasteiger partial charge in [0.2, 0.25) is 17.1 Å². The highest BCUT2D eigenvalue weighted by atomic mass is 28.4. The lowest BCUT2D eigenvalue weighted by Crippen LogP contribution is -2.66. The van der Waals surface area contributed by atoms with Gasteiger partial charge in [-0.15, -0.1) is 0 Å². The van der Waals surface area contributed by atoms with Gasteiger partial charge in [0, 0.05) is 18.1 Å². The summed E-state index contributed by atoms with van der Waals surface area (Å²) in [5.74, 6) is -3.07. The molecule has 0 radical (unpaired) electrons. The van der Waals surface area contributed by atoms with Gasteiger partial charge in [0.15, 0.2) is 13.3 Å². The number of non-ortho nitro benzene ring substituents is 1. The predicted molar refractivity (Wildman–Crippen MR) is 130 cm³/mol. The van der Waals surface area contributed by atoms with Crippen LogP contribution in [0.15, 0.2) is 35.7 Å². The van der Waals surface area contributed by atoms with Crippen LogP contribution in [0.4, 0.5) is 5.69 Å². The number of carbonyl (C=O) groups is 2. The van der Waals surface area contributed by atoms with Crippen LogP contribution in [-0.4, -0.2) is 42.4 Å². The second-order valence-corrected chi connectivity index (χ2v) is 13.5. The summed E-state index contributed by atoms with van der Waals surface area (Å²) in [5.41, 5.74) is -0.307. The Morgan fingerprint density at radius 1 is 1.23 bits per heavy atom. The van der Waals surface area contributed by atoms with Crippen LogP contribution in [0.3, 0.4) is 0 Å². The molecule has 1 aromatic rings. The average molecular weight is 506 g/mol. The lowest BCUT2D eigenvalue weighted by atomic mass is 9.78. The minimum atomic E-state index is -1.97. The molecular formula is C23H33N4O7Si+. The van der Waals surface area contributed by atoms with Gasteiger partial charge in [-0.2, -0.15) is 0 Å². The number of esters is 1. The third-order valence-corrected chi connectivity index (χ3v) is 11.6. The molecule has 1 aliphatic rings. The van der Waals surface area contributed by atoms with E-state index in [1.54, 1.807) is 6.92 Å². The number of β-lactam (4-membered cyclic amide) rings is 1. The van der Waals surface area contributed by atoms with Crippen molar-refractivity contribution in [1.82, 2.24) is 5.32 Å². The number of hydrogen-bond donors (Lipinski definition) is 2. The van der Waals surface area contributed by atoms with Crippen molar-refractivity contribution in [1.29, 1.82) is 5.39 Å². The van der Waals surface area contributed by atoms with E-state index < -0.39 is 48.5 Å². The van der Waals surface area contributed by atoms with Crippen LogP contribution in [0.25, 0.3) is 4.98 Å². The number of amides is 1. The lowest BCUT2D eigenvalue weighted by molar-refractivity contribution is -0.384. The van der Waals surface area contributed by atoms with E-state index >= 15 is 0 Å². The highest BCUT2D eigenvalue weighted by Crippen LogP contribution is 2.34. The van der Waals surface area contributed by atoms with E-state index in [9.17, 15) is 30.2 Å². The van der Waals surface area contributed by atoms with E-state index in [-0.39, 0.29) is 24.3 Å². The van der Waals surface area contributed by atoms with E-state index in [1.807, 2.05) is 6.92 Å². The Morgan fingerprint density at radius 3 is 2.26 bits per heavy atom. The second-order valence-electron chi connectivity index (χ2n) is 8.75. The quantitative estimate of drug-likeness (QED) is 0.0618. The second kappa shape index (κ2) is 11.9. The van der Waals surface area contributed by atoms with E-state index in [2.05, 4.69) is 31.1 Å². The van der Waals surface area contributed by atoms with Gasteiger partial charge in [0.25, 0.3) is 5.69 Å². The maximum absolute atomic E-state index is 12.5. The third kappa shape index (κ3) is 6.23. The first-order valence-corrected chi connectivity index (χ1v) is 14.2. The minimum Gasteiger partial charge on any atom is -0.504 e. The fourth-order valence-electron chi connectivity index (χ4n) is 4.34. The van der Waals surface area contributed by atoms with Crippen molar-refractivity contribution < 1.29 is 28.8 Å². The molecule has 11 nitrogen and oxygen atoms in total. The van der Waals surface area contributed by atoms with Gasteiger partial charge < -0.3 is 19.6 Å². The van der Waals surface area contributed by atoms with Gasteiger partial charge >= 0.3 is 11.7 Å². The molecular weight excluding hydrogens is 472 g/mol. The Bertz CT molecular complexity index is 1010. The number of nitrogens with zero attached hydrogens (tertiary/aromatic N) is 3. The number of nitro groups is 1. The summed E-state index contributed by atoms with van der Waals surface area (Å²) >= 11 is 0. The van der Waals surface area contributed by atoms with Crippen LogP contribution >= 0.6 is 0 Å². The van der Waals surface area contributed by atoms with Crippen LogP contribution in [0.2, 0.25) is 18.1 Å². The van der Waals surface area contributed by atoms with Gasteiger partial charge in [-0.25, -0.2) is 4.79 Å². The van der Waals surface area contributed by atoms with Gasteiger partial charge in [-0.3, -0.25) is 14.9 Å². The first kappa shape index (κ1) is 27.9. The molecule has 1 aromatic carbocycles. The summed E-state index contributed by atoms with van der Waals surface area (Å²) in [5, 5.41) is 33.6. The molecule has 0 saturated carbocycles. The number of rotatable bonds is 12. The standard InChI is InChI=1S/C23H32N4O7Si/c1-6-35(7-2,8-3)34-15(5)18-19(25-22(18)29)14(4)21(28)20(26-24)23(30)33-13-16-9-11-17(12-10-16)27(31)32/h9-12,14-15,18-19H,6-8,13H2,1-5H3,(H-,25,28,29,30)/p+1/t14-,15-,18-,19-/m1/s1. The summed E-state index contributed by atoms with van der Waals surface area (Å²) in [4.78, 5) is 38.0. The number of diazo groups is 1. The van der Waals surface area contributed by atoms with Crippen molar-refractivity contribution in [3.8, 4) is 0 Å². The van der Waals surface area contributed by atoms with Gasteiger partial charge in [0.05, 0.1) is 23.0 Å². The Kier molecular flexibility index (Phi) is 9.50. The SMILES string of the molecule is CC[Si](CC)(CC)O[C@H](C)[C@H]1C(=O)N[C@@H]1[C@@H](C)/C(O)=C(\[N+]#N)C(=O)OCc1ccc([N+](=O)[O-])cc1. The number of nitrogens with one attached hydrogen (secondary N) is 1. The Hall–Kier alpha value is -3.30. The maximum Gasteiger partial charge on any atom is 0.505 e. The van der Waals surface area contributed by atoms with Crippen LogP contribution < -0.4 is 5.32 Å². The number of aliphatic hydroxyl groups excluding tert-OH is 1. The predicted octanol–water partition coefficient (Wildman–Crippen LogP) is 4.42. The number of nitro benzene ring substituents is 1. The molecule has 1 amide bonds. The minimum absolute atomic E-state index is 0.107. The molecule has 0 aromatic heterocycles. The molecule has 2 N–H and O–H groups in total. The Balaban J connectivity index is 2.12. The van der Waals surface area contributed by atoms with E-state index in [1.165, 1.54) is 24.3 Å². The molecule has 1 heterocycles. The van der Waals surface area contributed by atoms with Crippen molar-refractivity contribution in [3.05, 3.63) is 56.4 Å². The normalized spacial score (nSPS) is 19.9. The zero-order valence-electron chi connectivity index (χ0n) is 20.7. The molecule has 2 rings (SSSR count).